The summed E-state index contributed by atoms with van der Waals surface area (Å²) in [5, 5.41) is 3.24. The lowest BCUT2D eigenvalue weighted by Crippen LogP contribution is -2.23. The van der Waals surface area contributed by atoms with Crippen LogP contribution >= 0.6 is 0 Å². The zero-order valence-corrected chi connectivity index (χ0v) is 11.3. The van der Waals surface area contributed by atoms with Gasteiger partial charge in [0.1, 0.15) is 12.4 Å². The first-order valence-corrected chi connectivity index (χ1v) is 6.40. The molecule has 1 N–H and O–H groups in total. The quantitative estimate of drug-likeness (QED) is 0.734. The summed E-state index contributed by atoms with van der Waals surface area (Å²) in [4.78, 5) is 0. The Morgan fingerprint density at radius 2 is 2.05 bits per heavy atom. The Morgan fingerprint density at radius 3 is 2.63 bits per heavy atom. The highest BCUT2D eigenvalue weighted by Gasteiger charge is 2.12. The molecule has 0 amide bonds. The monoisotopic (exact) mass is 275 g/mol. The number of hydrogen-bond donors (Lipinski definition) is 1. The molecule has 0 fully saturated rings. The second-order valence-electron chi connectivity index (χ2n) is 4.37. The summed E-state index contributed by atoms with van der Waals surface area (Å²) >= 11 is 0. The average Bonchev–Trinajstić information content (AvgIpc) is 2.36. The van der Waals surface area contributed by atoms with Gasteiger partial charge >= 0.3 is 0 Å². The number of hydrogen-bond acceptors (Lipinski definition) is 2. The predicted molar refractivity (Wildman–Crippen MR) is 69.0 cm³/mol. The minimum atomic E-state index is -2.44. The van der Waals surface area contributed by atoms with Crippen molar-refractivity contribution in [1.29, 1.82) is 0 Å². The fourth-order valence-corrected chi connectivity index (χ4v) is 1.89. The van der Waals surface area contributed by atoms with Gasteiger partial charge in [-0.25, -0.2) is 13.2 Å². The van der Waals surface area contributed by atoms with Gasteiger partial charge in [0.15, 0.2) is 0 Å². The molecule has 0 bridgehead atoms. The minimum Gasteiger partial charge on any atom is -0.375 e. The Hall–Kier alpha value is -1.07. The predicted octanol–water partition coefficient (Wildman–Crippen LogP) is 3.46. The van der Waals surface area contributed by atoms with Crippen LogP contribution in [0.3, 0.4) is 0 Å². The molecule has 108 valence electrons. The first kappa shape index (κ1) is 16.0. The highest BCUT2D eigenvalue weighted by Crippen LogP contribution is 2.19. The maximum absolute atomic E-state index is 13.2. The molecule has 2 nitrogen and oxygen atoms in total. The van der Waals surface area contributed by atoms with E-state index in [1.165, 1.54) is 6.07 Å². The maximum atomic E-state index is 13.2. The van der Waals surface area contributed by atoms with Crippen LogP contribution in [0.25, 0.3) is 0 Å². The van der Waals surface area contributed by atoms with E-state index in [2.05, 4.69) is 5.32 Å². The van der Waals surface area contributed by atoms with Gasteiger partial charge in [-0.15, -0.1) is 0 Å². The number of halogens is 3. The van der Waals surface area contributed by atoms with Crippen molar-refractivity contribution in [3.05, 3.63) is 35.1 Å². The van der Waals surface area contributed by atoms with Crippen LogP contribution in [0, 0.1) is 12.7 Å². The molecular formula is C14H20F3NO. The van der Waals surface area contributed by atoms with E-state index >= 15 is 0 Å². The molecule has 1 atom stereocenters. The third-order valence-electron chi connectivity index (χ3n) is 2.83. The summed E-state index contributed by atoms with van der Waals surface area (Å²) in [6, 6.07) is 4.90. The van der Waals surface area contributed by atoms with Crippen molar-refractivity contribution in [2.24, 2.45) is 0 Å². The number of benzene rings is 1. The molecule has 19 heavy (non-hydrogen) atoms. The van der Waals surface area contributed by atoms with Crippen molar-refractivity contribution in [2.45, 2.75) is 32.7 Å². The first-order valence-electron chi connectivity index (χ1n) is 6.40. The van der Waals surface area contributed by atoms with Gasteiger partial charge in [0, 0.05) is 12.6 Å². The molecule has 1 rings (SSSR count). The van der Waals surface area contributed by atoms with Crippen molar-refractivity contribution < 1.29 is 17.9 Å². The standard InChI is InChI=1S/C14H20F3NO/c1-3-18-13(6-7-19-9-14(16)17)11-4-5-12(15)10(2)8-11/h4-5,8,13-14,18H,3,6-7,9H2,1-2H3. The van der Waals surface area contributed by atoms with Crippen LogP contribution < -0.4 is 5.32 Å². The number of rotatable bonds is 8. The Bertz CT molecular complexity index is 385. The third kappa shape index (κ3) is 5.61. The summed E-state index contributed by atoms with van der Waals surface area (Å²) in [6.45, 7) is 4.12. The Balaban J connectivity index is 2.58. The average molecular weight is 275 g/mol. The van der Waals surface area contributed by atoms with Crippen LogP contribution in [-0.4, -0.2) is 26.2 Å². The largest absolute Gasteiger partial charge is 0.375 e. The zero-order valence-electron chi connectivity index (χ0n) is 11.3. The van der Waals surface area contributed by atoms with E-state index in [1.54, 1.807) is 19.1 Å². The number of alkyl halides is 2. The Labute approximate surface area is 112 Å². The molecule has 1 unspecified atom stereocenters. The lowest BCUT2D eigenvalue weighted by atomic mass is 10.0. The molecular weight excluding hydrogens is 255 g/mol. The molecule has 0 aliphatic rings. The van der Waals surface area contributed by atoms with Crippen molar-refractivity contribution in [2.75, 3.05) is 19.8 Å². The van der Waals surface area contributed by atoms with Gasteiger partial charge < -0.3 is 10.1 Å². The molecule has 0 heterocycles. The molecule has 0 aromatic heterocycles. The number of ether oxygens (including phenoxy) is 1. The van der Waals surface area contributed by atoms with Crippen LogP contribution in [0.2, 0.25) is 0 Å². The fourth-order valence-electron chi connectivity index (χ4n) is 1.89. The molecule has 1 aromatic rings. The molecule has 0 radical (unpaired) electrons. The molecule has 0 aliphatic carbocycles. The van der Waals surface area contributed by atoms with E-state index in [1.807, 2.05) is 6.92 Å². The van der Waals surface area contributed by atoms with Gasteiger partial charge in [0.25, 0.3) is 6.43 Å². The maximum Gasteiger partial charge on any atom is 0.261 e. The SMILES string of the molecule is CCNC(CCOCC(F)F)c1ccc(F)c(C)c1. The lowest BCUT2D eigenvalue weighted by molar-refractivity contribution is 0.0144. The van der Waals surface area contributed by atoms with Crippen LogP contribution in [0.5, 0.6) is 0 Å². The summed E-state index contributed by atoms with van der Waals surface area (Å²) in [5.74, 6) is -0.243. The van der Waals surface area contributed by atoms with Crippen molar-refractivity contribution >= 4 is 0 Å². The zero-order chi connectivity index (χ0) is 14.3. The van der Waals surface area contributed by atoms with E-state index < -0.39 is 13.0 Å². The molecule has 0 saturated heterocycles. The summed E-state index contributed by atoms with van der Waals surface area (Å²) in [7, 11) is 0. The first-order chi connectivity index (χ1) is 9.04. The summed E-state index contributed by atoms with van der Waals surface area (Å²) in [6.07, 6.45) is -1.86. The van der Waals surface area contributed by atoms with E-state index in [9.17, 15) is 13.2 Å². The van der Waals surface area contributed by atoms with Gasteiger partial charge in [-0.05, 0) is 37.1 Å². The van der Waals surface area contributed by atoms with Crippen LogP contribution in [0.4, 0.5) is 13.2 Å². The summed E-state index contributed by atoms with van der Waals surface area (Å²) < 4.78 is 42.0. The normalized spacial score (nSPS) is 12.9. The molecule has 0 saturated carbocycles. The molecule has 1 aromatic carbocycles. The highest BCUT2D eigenvalue weighted by atomic mass is 19.3. The second kappa shape index (κ2) is 8.17. The fraction of sp³-hybridized carbons (Fsp3) is 0.571. The highest BCUT2D eigenvalue weighted by molar-refractivity contribution is 5.26. The Morgan fingerprint density at radius 1 is 1.32 bits per heavy atom. The van der Waals surface area contributed by atoms with Crippen LogP contribution in [-0.2, 0) is 4.74 Å². The molecule has 0 aliphatic heterocycles. The van der Waals surface area contributed by atoms with Crippen molar-refractivity contribution in [3.63, 3.8) is 0 Å². The van der Waals surface area contributed by atoms with Crippen LogP contribution in [0.15, 0.2) is 18.2 Å². The van der Waals surface area contributed by atoms with Crippen LogP contribution in [0.1, 0.15) is 30.5 Å². The third-order valence-corrected chi connectivity index (χ3v) is 2.83. The van der Waals surface area contributed by atoms with E-state index in [-0.39, 0.29) is 18.5 Å². The van der Waals surface area contributed by atoms with Gasteiger partial charge in [-0.2, -0.15) is 0 Å². The Kier molecular flexibility index (Phi) is 6.87. The van der Waals surface area contributed by atoms with Gasteiger partial charge in [-0.3, -0.25) is 0 Å². The van der Waals surface area contributed by atoms with Crippen molar-refractivity contribution in [1.82, 2.24) is 5.32 Å². The minimum absolute atomic E-state index is 0.0121. The van der Waals surface area contributed by atoms with E-state index in [4.69, 9.17) is 4.74 Å². The lowest BCUT2D eigenvalue weighted by Gasteiger charge is -2.19. The second-order valence-corrected chi connectivity index (χ2v) is 4.37. The van der Waals surface area contributed by atoms with E-state index in [0.29, 0.717) is 12.0 Å². The molecule has 0 spiro atoms. The van der Waals surface area contributed by atoms with Crippen molar-refractivity contribution in [3.8, 4) is 0 Å². The number of aryl methyl sites for hydroxylation is 1. The van der Waals surface area contributed by atoms with Gasteiger partial charge in [0.2, 0.25) is 0 Å². The van der Waals surface area contributed by atoms with E-state index in [0.717, 1.165) is 12.1 Å². The molecule has 5 heteroatoms. The van der Waals surface area contributed by atoms with Gasteiger partial charge in [0.05, 0.1) is 0 Å². The summed E-state index contributed by atoms with van der Waals surface area (Å²) in [5.41, 5.74) is 1.52. The topological polar surface area (TPSA) is 21.3 Å². The van der Waals surface area contributed by atoms with Gasteiger partial charge in [-0.1, -0.05) is 19.1 Å². The number of nitrogens with one attached hydrogen (secondary N) is 1. The smallest absolute Gasteiger partial charge is 0.261 e.